The second-order valence-corrected chi connectivity index (χ2v) is 8.88. The summed E-state index contributed by atoms with van der Waals surface area (Å²) in [6.07, 6.45) is 34.7. The van der Waals surface area contributed by atoms with Crippen molar-refractivity contribution in [2.45, 2.75) is 135 Å². The molecule has 0 heterocycles. The number of carbonyl (C=O) groups excluding carboxylic acids is 1. The van der Waals surface area contributed by atoms with Gasteiger partial charge >= 0.3 is 0 Å². The van der Waals surface area contributed by atoms with Crippen molar-refractivity contribution in [3.05, 3.63) is 24.3 Å². The van der Waals surface area contributed by atoms with E-state index < -0.39 is 0 Å². The van der Waals surface area contributed by atoms with Gasteiger partial charge in [-0.3, -0.25) is 4.79 Å². The normalized spacial score (nSPS) is 11.7. The van der Waals surface area contributed by atoms with Crippen LogP contribution >= 0.6 is 0 Å². The summed E-state index contributed by atoms with van der Waals surface area (Å²) in [5.74, 6) is 0.0740. The molecule has 0 radical (unpaired) electrons. The molecule has 3 nitrogen and oxygen atoms in total. The Hall–Kier alpha value is -1.09. The Morgan fingerprint density at radius 1 is 0.645 bits per heavy atom. The van der Waals surface area contributed by atoms with Gasteiger partial charge in [-0.25, -0.2) is 0 Å². The number of hydrogen-bond donors (Lipinski definition) is 2. The first kappa shape index (κ1) is 29.9. The van der Waals surface area contributed by atoms with Crippen molar-refractivity contribution in [2.75, 3.05) is 13.2 Å². The Bertz CT molecular complexity index is 417. The molecule has 0 spiro atoms. The van der Waals surface area contributed by atoms with Crippen LogP contribution in [0.2, 0.25) is 0 Å². The van der Waals surface area contributed by atoms with Gasteiger partial charge < -0.3 is 10.4 Å². The van der Waals surface area contributed by atoms with E-state index in [9.17, 15) is 4.79 Å². The number of unbranched alkanes of at least 4 members (excludes halogenated alkanes) is 16. The molecule has 0 saturated heterocycles. The predicted octanol–water partition coefficient (Wildman–Crippen LogP) is 8.03. The number of carbonyl (C=O) groups is 1. The quantitative estimate of drug-likeness (QED) is 0.119. The number of aliphatic hydroxyl groups excluding tert-OH is 1. The Kier molecular flexibility index (Phi) is 26.0. The number of hydrogen-bond acceptors (Lipinski definition) is 2. The number of aliphatic hydroxyl groups is 1. The van der Waals surface area contributed by atoms with Crippen molar-refractivity contribution in [3.63, 3.8) is 0 Å². The standard InChI is InChI=1S/C28H53NO2/c1-2-3-4-5-6-7-8-9-10-11-12-13-14-15-16-17-18-19-20-21-22-23-24-25-28(31)29-26-27-30/h8-9,11-12,30H,2-7,10,13-27H2,1H3,(H,29,31)/b9-8-,12-11-. The van der Waals surface area contributed by atoms with Crippen LogP contribution in [0.3, 0.4) is 0 Å². The Morgan fingerprint density at radius 2 is 1.10 bits per heavy atom. The van der Waals surface area contributed by atoms with Crippen LogP contribution in [0.15, 0.2) is 24.3 Å². The van der Waals surface area contributed by atoms with Gasteiger partial charge in [-0.05, 0) is 38.5 Å². The molecule has 1 amide bonds. The third-order valence-corrected chi connectivity index (χ3v) is 5.79. The van der Waals surface area contributed by atoms with Crippen LogP contribution in [0.4, 0.5) is 0 Å². The molecule has 31 heavy (non-hydrogen) atoms. The van der Waals surface area contributed by atoms with Gasteiger partial charge in [0.1, 0.15) is 0 Å². The fraction of sp³-hybridized carbons (Fsp3) is 0.821. The fourth-order valence-corrected chi connectivity index (χ4v) is 3.79. The molecule has 0 saturated carbocycles. The van der Waals surface area contributed by atoms with Crippen LogP contribution in [0, 0.1) is 0 Å². The minimum Gasteiger partial charge on any atom is -0.395 e. The van der Waals surface area contributed by atoms with E-state index in [0.717, 1.165) is 19.3 Å². The van der Waals surface area contributed by atoms with Gasteiger partial charge in [0, 0.05) is 13.0 Å². The van der Waals surface area contributed by atoms with Gasteiger partial charge in [-0.15, -0.1) is 0 Å². The predicted molar refractivity (Wildman–Crippen MR) is 136 cm³/mol. The lowest BCUT2D eigenvalue weighted by Crippen LogP contribution is -2.25. The van der Waals surface area contributed by atoms with Crippen LogP contribution in [-0.2, 0) is 4.79 Å². The fourth-order valence-electron chi connectivity index (χ4n) is 3.79. The molecule has 0 aromatic rings. The highest BCUT2D eigenvalue weighted by Crippen LogP contribution is 2.13. The van der Waals surface area contributed by atoms with Crippen molar-refractivity contribution >= 4 is 5.91 Å². The molecule has 0 bridgehead atoms. The summed E-state index contributed by atoms with van der Waals surface area (Å²) in [4.78, 5) is 11.4. The van der Waals surface area contributed by atoms with E-state index in [4.69, 9.17) is 5.11 Å². The number of allylic oxidation sites excluding steroid dienone is 4. The highest BCUT2D eigenvalue weighted by atomic mass is 16.3. The van der Waals surface area contributed by atoms with Gasteiger partial charge in [0.2, 0.25) is 5.91 Å². The van der Waals surface area contributed by atoms with Crippen LogP contribution in [0.25, 0.3) is 0 Å². The molecule has 0 aromatic carbocycles. The zero-order valence-electron chi connectivity index (χ0n) is 20.7. The number of rotatable bonds is 24. The molecule has 0 unspecified atom stereocenters. The summed E-state index contributed by atoms with van der Waals surface area (Å²) >= 11 is 0. The van der Waals surface area contributed by atoms with E-state index in [1.165, 1.54) is 103 Å². The average molecular weight is 436 g/mol. The maximum Gasteiger partial charge on any atom is 0.220 e. The lowest BCUT2D eigenvalue weighted by molar-refractivity contribution is -0.121. The SMILES string of the molecule is CCCCCCC/C=C\C/C=C\CCCCCCCCCCCCCC(=O)NCCO. The van der Waals surface area contributed by atoms with Gasteiger partial charge in [-0.2, -0.15) is 0 Å². The molecule has 0 fully saturated rings. The lowest BCUT2D eigenvalue weighted by Gasteiger charge is -2.04. The van der Waals surface area contributed by atoms with Crippen LogP contribution in [0.5, 0.6) is 0 Å². The first-order valence-electron chi connectivity index (χ1n) is 13.5. The molecule has 0 atom stereocenters. The molecule has 182 valence electrons. The van der Waals surface area contributed by atoms with Gasteiger partial charge in [0.25, 0.3) is 0 Å². The van der Waals surface area contributed by atoms with E-state index in [-0.39, 0.29) is 12.5 Å². The zero-order valence-corrected chi connectivity index (χ0v) is 20.7. The Balaban J connectivity index is 3.18. The van der Waals surface area contributed by atoms with Gasteiger partial charge in [0.05, 0.1) is 6.61 Å². The van der Waals surface area contributed by atoms with Gasteiger partial charge in [-0.1, -0.05) is 115 Å². The minimum atomic E-state index is 0.0278. The van der Waals surface area contributed by atoms with Crippen LogP contribution < -0.4 is 5.32 Å². The Labute approximate surface area is 194 Å². The van der Waals surface area contributed by atoms with Crippen molar-refractivity contribution < 1.29 is 9.90 Å². The van der Waals surface area contributed by atoms with Crippen molar-refractivity contribution in [1.29, 1.82) is 0 Å². The minimum absolute atomic E-state index is 0.0278. The molecule has 0 rings (SSSR count). The number of nitrogens with one attached hydrogen (secondary N) is 1. The summed E-state index contributed by atoms with van der Waals surface area (Å²) in [5, 5.41) is 11.4. The van der Waals surface area contributed by atoms with E-state index in [2.05, 4.69) is 36.5 Å². The summed E-state index contributed by atoms with van der Waals surface area (Å²) in [7, 11) is 0. The average Bonchev–Trinajstić information content (AvgIpc) is 2.78. The molecule has 0 aliphatic carbocycles. The zero-order chi connectivity index (χ0) is 22.7. The largest absolute Gasteiger partial charge is 0.395 e. The summed E-state index contributed by atoms with van der Waals surface area (Å²) in [5.41, 5.74) is 0. The van der Waals surface area contributed by atoms with Gasteiger partial charge in [0.15, 0.2) is 0 Å². The van der Waals surface area contributed by atoms with Crippen LogP contribution in [0.1, 0.15) is 135 Å². The van der Waals surface area contributed by atoms with Crippen molar-refractivity contribution in [1.82, 2.24) is 5.32 Å². The van der Waals surface area contributed by atoms with E-state index in [0.29, 0.717) is 13.0 Å². The number of amides is 1. The van der Waals surface area contributed by atoms with Crippen molar-refractivity contribution in [2.24, 2.45) is 0 Å². The molecule has 3 heteroatoms. The van der Waals surface area contributed by atoms with Crippen molar-refractivity contribution in [3.8, 4) is 0 Å². The lowest BCUT2D eigenvalue weighted by atomic mass is 10.0. The summed E-state index contributed by atoms with van der Waals surface area (Å²) in [6.45, 7) is 2.68. The second-order valence-electron chi connectivity index (χ2n) is 8.88. The maximum absolute atomic E-state index is 11.4. The summed E-state index contributed by atoms with van der Waals surface area (Å²) in [6, 6.07) is 0. The maximum atomic E-state index is 11.4. The third-order valence-electron chi connectivity index (χ3n) is 5.79. The van der Waals surface area contributed by atoms with Crippen LogP contribution in [-0.4, -0.2) is 24.2 Å². The Morgan fingerprint density at radius 3 is 1.58 bits per heavy atom. The smallest absolute Gasteiger partial charge is 0.220 e. The molecule has 0 aliphatic heterocycles. The third kappa shape index (κ3) is 26.9. The molecule has 0 aromatic heterocycles. The van der Waals surface area contributed by atoms with E-state index in [1.54, 1.807) is 0 Å². The monoisotopic (exact) mass is 435 g/mol. The van der Waals surface area contributed by atoms with E-state index in [1.807, 2.05) is 0 Å². The second kappa shape index (κ2) is 26.9. The molecule has 2 N–H and O–H groups in total. The first-order valence-corrected chi connectivity index (χ1v) is 13.5. The molecule has 0 aliphatic rings. The topological polar surface area (TPSA) is 49.3 Å². The summed E-state index contributed by atoms with van der Waals surface area (Å²) < 4.78 is 0. The highest BCUT2D eigenvalue weighted by molar-refractivity contribution is 5.75. The van der Waals surface area contributed by atoms with E-state index >= 15 is 0 Å². The molecular weight excluding hydrogens is 382 g/mol. The molecular formula is C28H53NO2. The highest BCUT2D eigenvalue weighted by Gasteiger charge is 1.99. The first-order chi connectivity index (χ1) is 15.3.